The number of nitrogens with zero attached hydrogens (tertiary/aromatic N) is 2. The molecule has 4 rings (SSSR count). The lowest BCUT2D eigenvalue weighted by Gasteiger charge is -2.24. The topological polar surface area (TPSA) is 80.3 Å². The first-order valence-corrected chi connectivity index (χ1v) is 12.6. The van der Waals surface area contributed by atoms with Crippen molar-refractivity contribution >= 4 is 40.5 Å². The van der Waals surface area contributed by atoms with Gasteiger partial charge in [0.1, 0.15) is 11.8 Å². The van der Waals surface area contributed by atoms with Crippen LogP contribution in [0.25, 0.3) is 0 Å². The van der Waals surface area contributed by atoms with Crippen LogP contribution in [0.1, 0.15) is 17.5 Å². The summed E-state index contributed by atoms with van der Waals surface area (Å²) < 4.78 is 15.9. The maximum Gasteiger partial charge on any atom is 0.256 e. The average molecular weight is 534 g/mol. The lowest BCUT2D eigenvalue weighted by atomic mass is 10.1. The van der Waals surface area contributed by atoms with Gasteiger partial charge in [-0.2, -0.15) is 0 Å². The number of hydrogen-bond acceptors (Lipinski definition) is 6. The number of hydrogen-bond donors (Lipinski definition) is 1. The minimum atomic E-state index is -0.734. The molecule has 9 heteroatoms. The number of aryl methyl sites for hydroxylation is 1. The van der Waals surface area contributed by atoms with Gasteiger partial charge in [-0.25, -0.2) is 0 Å². The Morgan fingerprint density at radius 3 is 2.24 bits per heavy atom. The molecule has 1 heterocycles. The molecule has 38 heavy (non-hydrogen) atoms. The summed E-state index contributed by atoms with van der Waals surface area (Å²) in [5.41, 5.74) is 3.37. The number of thiocarbonyl (C=S) groups is 1. The molecular formula is C29H31N3O5S. The summed E-state index contributed by atoms with van der Waals surface area (Å²) in [4.78, 5) is 30.0. The molecule has 198 valence electrons. The van der Waals surface area contributed by atoms with Gasteiger partial charge < -0.3 is 24.4 Å². The highest BCUT2D eigenvalue weighted by atomic mass is 32.1. The standard InChI is InChI=1S/C29H31N3O5S/c1-19-5-10-22(11-6-19)32-28(34)24(18-27(33)30-21-8-12-23(35-2)13-9-21)31(29(32)38)16-15-20-7-14-25(36-3)26(17-20)37-4/h5-14,17,24H,15-16,18H2,1-4H3,(H,30,33). The van der Waals surface area contributed by atoms with Crippen LogP contribution in [0.5, 0.6) is 17.2 Å². The molecule has 0 aliphatic carbocycles. The quantitative estimate of drug-likeness (QED) is 0.382. The fourth-order valence-corrected chi connectivity index (χ4v) is 4.78. The molecule has 1 saturated heterocycles. The van der Waals surface area contributed by atoms with E-state index in [4.69, 9.17) is 26.4 Å². The maximum atomic E-state index is 13.6. The van der Waals surface area contributed by atoms with Crippen LogP contribution in [0.2, 0.25) is 0 Å². The Hall–Kier alpha value is -4.11. The van der Waals surface area contributed by atoms with E-state index in [1.54, 1.807) is 45.6 Å². The van der Waals surface area contributed by atoms with Crippen molar-refractivity contribution in [2.24, 2.45) is 0 Å². The molecule has 0 radical (unpaired) electrons. The van der Waals surface area contributed by atoms with E-state index < -0.39 is 6.04 Å². The number of nitrogens with one attached hydrogen (secondary N) is 1. The minimum absolute atomic E-state index is 0.0424. The highest BCUT2D eigenvalue weighted by molar-refractivity contribution is 7.80. The molecule has 0 aromatic heterocycles. The second-order valence-corrected chi connectivity index (χ2v) is 9.29. The Morgan fingerprint density at radius 1 is 0.921 bits per heavy atom. The van der Waals surface area contributed by atoms with Crippen molar-refractivity contribution in [1.29, 1.82) is 0 Å². The van der Waals surface area contributed by atoms with Crippen LogP contribution in [0.4, 0.5) is 11.4 Å². The van der Waals surface area contributed by atoms with Crippen molar-refractivity contribution in [3.63, 3.8) is 0 Å². The van der Waals surface area contributed by atoms with Crippen molar-refractivity contribution in [3.8, 4) is 17.2 Å². The normalized spacial score (nSPS) is 15.0. The van der Waals surface area contributed by atoms with Crippen molar-refractivity contribution in [1.82, 2.24) is 4.90 Å². The zero-order valence-corrected chi connectivity index (χ0v) is 22.7. The summed E-state index contributed by atoms with van der Waals surface area (Å²) in [6.45, 7) is 2.43. The van der Waals surface area contributed by atoms with Crippen LogP contribution >= 0.6 is 12.2 Å². The number of ether oxygens (including phenoxy) is 3. The second-order valence-electron chi connectivity index (χ2n) is 8.92. The lowest BCUT2D eigenvalue weighted by molar-refractivity contribution is -0.124. The van der Waals surface area contributed by atoms with Crippen LogP contribution in [-0.4, -0.2) is 55.7 Å². The SMILES string of the molecule is COc1ccc(NC(=O)CC2C(=O)N(c3ccc(C)cc3)C(=S)N2CCc2ccc(OC)c(OC)c2)cc1. The third-order valence-electron chi connectivity index (χ3n) is 6.45. The molecule has 2 amide bonds. The van der Waals surface area contributed by atoms with E-state index in [9.17, 15) is 9.59 Å². The van der Waals surface area contributed by atoms with Gasteiger partial charge in [0.2, 0.25) is 5.91 Å². The molecule has 1 unspecified atom stereocenters. The fourth-order valence-electron chi connectivity index (χ4n) is 4.37. The molecule has 8 nitrogen and oxygen atoms in total. The van der Waals surface area contributed by atoms with Crippen molar-refractivity contribution in [2.75, 3.05) is 38.1 Å². The highest BCUT2D eigenvalue weighted by Crippen LogP contribution is 2.30. The Labute approximate surface area is 228 Å². The molecule has 0 spiro atoms. The molecule has 1 fully saturated rings. The van der Waals surface area contributed by atoms with Gasteiger partial charge in [0.15, 0.2) is 16.6 Å². The van der Waals surface area contributed by atoms with Gasteiger partial charge in [-0.05, 0) is 79.7 Å². The van der Waals surface area contributed by atoms with E-state index in [1.807, 2.05) is 54.3 Å². The van der Waals surface area contributed by atoms with Crippen LogP contribution in [0.15, 0.2) is 66.7 Å². The number of benzene rings is 3. The summed E-state index contributed by atoms with van der Waals surface area (Å²) >= 11 is 5.79. The van der Waals surface area contributed by atoms with E-state index in [1.165, 1.54) is 4.90 Å². The van der Waals surface area contributed by atoms with Gasteiger partial charge in [0.05, 0.1) is 33.4 Å². The molecule has 3 aromatic rings. The Kier molecular flexibility index (Phi) is 8.48. The number of methoxy groups -OCH3 is 3. The van der Waals surface area contributed by atoms with E-state index in [0.717, 1.165) is 11.1 Å². The van der Waals surface area contributed by atoms with Gasteiger partial charge >= 0.3 is 0 Å². The van der Waals surface area contributed by atoms with Crippen LogP contribution in [-0.2, 0) is 16.0 Å². The number of carbonyl (C=O) groups is 2. The Morgan fingerprint density at radius 2 is 1.61 bits per heavy atom. The average Bonchev–Trinajstić information content (AvgIpc) is 3.16. The zero-order valence-electron chi connectivity index (χ0n) is 21.9. The third kappa shape index (κ3) is 5.89. The predicted octanol–water partition coefficient (Wildman–Crippen LogP) is 4.59. The first-order chi connectivity index (χ1) is 18.3. The first-order valence-electron chi connectivity index (χ1n) is 12.2. The van der Waals surface area contributed by atoms with Gasteiger partial charge in [-0.1, -0.05) is 23.8 Å². The first kappa shape index (κ1) is 26.9. The fraction of sp³-hybridized carbons (Fsp3) is 0.276. The summed E-state index contributed by atoms with van der Waals surface area (Å²) in [5.74, 6) is 1.45. The smallest absolute Gasteiger partial charge is 0.256 e. The van der Waals surface area contributed by atoms with E-state index >= 15 is 0 Å². The molecule has 1 aliphatic heterocycles. The molecule has 3 aromatic carbocycles. The molecule has 1 atom stereocenters. The Bertz CT molecular complexity index is 1310. The zero-order chi connectivity index (χ0) is 27.2. The number of rotatable bonds is 10. The van der Waals surface area contributed by atoms with E-state index in [-0.39, 0.29) is 18.2 Å². The molecular weight excluding hydrogens is 502 g/mol. The monoisotopic (exact) mass is 533 g/mol. The number of amides is 2. The van der Waals surface area contributed by atoms with Gasteiger partial charge in [-0.3, -0.25) is 14.5 Å². The maximum absolute atomic E-state index is 13.6. The van der Waals surface area contributed by atoms with Crippen LogP contribution in [0, 0.1) is 6.92 Å². The highest BCUT2D eigenvalue weighted by Gasteiger charge is 2.43. The molecule has 0 saturated carbocycles. The molecule has 1 N–H and O–H groups in total. The number of anilines is 2. The van der Waals surface area contributed by atoms with Crippen molar-refractivity contribution < 1.29 is 23.8 Å². The van der Waals surface area contributed by atoms with Crippen LogP contribution in [0.3, 0.4) is 0 Å². The summed E-state index contributed by atoms with van der Waals surface area (Å²) in [5, 5.41) is 3.25. The summed E-state index contributed by atoms with van der Waals surface area (Å²) in [6.07, 6.45) is 0.547. The van der Waals surface area contributed by atoms with Gasteiger partial charge in [-0.15, -0.1) is 0 Å². The minimum Gasteiger partial charge on any atom is -0.497 e. The van der Waals surface area contributed by atoms with Crippen LogP contribution < -0.4 is 24.4 Å². The lowest BCUT2D eigenvalue weighted by Crippen LogP contribution is -2.39. The summed E-state index contributed by atoms with van der Waals surface area (Å²) in [7, 11) is 4.76. The van der Waals surface area contributed by atoms with Crippen molar-refractivity contribution in [2.45, 2.75) is 25.8 Å². The predicted molar refractivity (Wildman–Crippen MR) is 151 cm³/mol. The molecule has 1 aliphatic rings. The number of carbonyl (C=O) groups excluding carboxylic acids is 2. The largest absolute Gasteiger partial charge is 0.497 e. The third-order valence-corrected chi connectivity index (χ3v) is 6.87. The Balaban J connectivity index is 1.55. The van der Waals surface area contributed by atoms with Gasteiger partial charge in [0.25, 0.3) is 5.91 Å². The summed E-state index contributed by atoms with van der Waals surface area (Å²) in [6, 6.07) is 19.6. The van der Waals surface area contributed by atoms with E-state index in [2.05, 4.69) is 5.32 Å². The second kappa shape index (κ2) is 12.0. The van der Waals surface area contributed by atoms with Gasteiger partial charge in [0, 0.05) is 12.2 Å². The van der Waals surface area contributed by atoms with Crippen molar-refractivity contribution in [3.05, 3.63) is 77.9 Å². The van der Waals surface area contributed by atoms with E-state index in [0.29, 0.717) is 46.7 Å². The molecule has 0 bridgehead atoms.